The van der Waals surface area contributed by atoms with Crippen LogP contribution in [-0.2, 0) is 0 Å². The molecule has 1 heterocycles. The number of nitrogens with zero attached hydrogens (tertiary/aromatic N) is 1. The molecule has 0 saturated heterocycles. The van der Waals surface area contributed by atoms with Crippen molar-refractivity contribution in [2.75, 3.05) is 5.32 Å². The van der Waals surface area contributed by atoms with E-state index in [1.165, 1.54) is 12.1 Å². The van der Waals surface area contributed by atoms with E-state index in [1.54, 1.807) is 18.2 Å². The van der Waals surface area contributed by atoms with Crippen molar-refractivity contribution in [3.05, 3.63) is 53.5 Å². The van der Waals surface area contributed by atoms with Gasteiger partial charge >= 0.3 is 0 Å². The Kier molecular flexibility index (Phi) is 3.23. The number of pyridine rings is 1. The smallest absolute Gasteiger partial charge is 0.266 e. The summed E-state index contributed by atoms with van der Waals surface area (Å²) in [5.74, 6) is -0.505. The van der Waals surface area contributed by atoms with Gasteiger partial charge in [0.05, 0.1) is 6.20 Å². The number of hydrogen-bond acceptors (Lipinski definition) is 2. The number of benzene rings is 1. The van der Waals surface area contributed by atoms with Crippen LogP contribution in [0.25, 0.3) is 0 Å². The minimum absolute atomic E-state index is 0.139. The molecule has 3 N–H and O–H groups in total. The molecule has 0 radical (unpaired) electrons. The van der Waals surface area contributed by atoms with Crippen LogP contribution in [0.2, 0.25) is 0 Å². The highest BCUT2D eigenvalue weighted by Gasteiger charge is 2.15. The van der Waals surface area contributed by atoms with E-state index in [9.17, 15) is 9.18 Å². The van der Waals surface area contributed by atoms with Crippen LogP contribution in [-0.4, -0.2) is 16.0 Å². The molecule has 1 aromatic heterocycles. The summed E-state index contributed by atoms with van der Waals surface area (Å²) in [6.45, 7) is 1.84. The van der Waals surface area contributed by atoms with Gasteiger partial charge in [-0.15, -0.1) is 0 Å². The van der Waals surface area contributed by atoms with E-state index < -0.39 is 11.7 Å². The lowest BCUT2D eigenvalue weighted by molar-refractivity contribution is 0.102. The molecule has 0 aliphatic heterocycles. The Labute approximate surface area is 103 Å². The number of aromatic nitrogens is 1. The summed E-state index contributed by atoms with van der Waals surface area (Å²) < 4.78 is 12.7. The summed E-state index contributed by atoms with van der Waals surface area (Å²) in [4.78, 5) is 15.6. The molecule has 0 atom stereocenters. The fraction of sp³-hybridized carbons (Fsp3) is 0.0769. The second-order valence-corrected chi connectivity index (χ2v) is 3.86. The number of anilines is 1. The maximum absolute atomic E-state index is 12.7. The van der Waals surface area contributed by atoms with E-state index in [-0.39, 0.29) is 17.1 Å². The van der Waals surface area contributed by atoms with Crippen LogP contribution >= 0.6 is 0 Å². The Morgan fingerprint density at radius 1 is 1.33 bits per heavy atom. The fourth-order valence-electron chi connectivity index (χ4n) is 1.48. The lowest BCUT2D eigenvalue weighted by Crippen LogP contribution is -2.13. The lowest BCUT2D eigenvalue weighted by atomic mass is 10.1. The maximum atomic E-state index is 12.7. The van der Waals surface area contributed by atoms with Gasteiger partial charge in [-0.1, -0.05) is 6.07 Å². The number of amides is 1. The molecule has 1 amide bonds. The van der Waals surface area contributed by atoms with Crippen LogP contribution in [0.3, 0.4) is 0 Å². The van der Waals surface area contributed by atoms with Crippen molar-refractivity contribution in [3.8, 4) is 5.75 Å². The third-order valence-corrected chi connectivity index (χ3v) is 2.39. The number of aryl methyl sites for hydroxylation is 1. The highest BCUT2D eigenvalue weighted by molar-refractivity contribution is 6.05. The quantitative estimate of drug-likeness (QED) is 0.827. The molecule has 18 heavy (non-hydrogen) atoms. The van der Waals surface area contributed by atoms with Gasteiger partial charge < -0.3 is 10.4 Å². The average Bonchev–Trinajstić information content (AvgIpc) is 2.35. The molecule has 4 nitrogen and oxygen atoms in total. The summed E-state index contributed by atoms with van der Waals surface area (Å²) in [5, 5.41) is 10.2. The molecule has 0 spiro atoms. The van der Waals surface area contributed by atoms with Crippen LogP contribution in [0.5, 0.6) is 5.75 Å². The molecule has 0 aliphatic rings. The molecule has 0 fully saturated rings. The number of rotatable bonds is 2. The molecule has 2 aromatic rings. The van der Waals surface area contributed by atoms with E-state index in [4.69, 9.17) is 5.11 Å². The molecule has 1 aromatic carbocycles. The van der Waals surface area contributed by atoms with Gasteiger partial charge in [-0.2, -0.15) is 0 Å². The molecule has 0 saturated carbocycles. The molecule has 2 rings (SSSR count). The second-order valence-electron chi connectivity index (χ2n) is 3.86. The van der Waals surface area contributed by atoms with E-state index in [0.717, 1.165) is 11.8 Å². The maximum Gasteiger partial charge on any atom is 0.266 e. The summed E-state index contributed by atoms with van der Waals surface area (Å²) in [7, 11) is 0. The van der Waals surface area contributed by atoms with Crippen molar-refractivity contribution in [1.29, 1.82) is 0 Å². The Bertz CT molecular complexity index is 582. The van der Waals surface area contributed by atoms with Crippen molar-refractivity contribution in [1.82, 2.24) is 4.98 Å². The van der Waals surface area contributed by atoms with E-state index in [2.05, 4.69) is 10.3 Å². The zero-order valence-electron chi connectivity index (χ0n) is 9.70. The van der Waals surface area contributed by atoms with Crippen molar-refractivity contribution in [2.45, 2.75) is 6.92 Å². The lowest BCUT2D eigenvalue weighted by Gasteiger charge is -2.05. The zero-order chi connectivity index (χ0) is 13.1. The second kappa shape index (κ2) is 4.83. The number of carbonyl (C=O) groups is 1. The molecular weight excluding hydrogens is 235 g/mol. The van der Waals surface area contributed by atoms with Crippen LogP contribution in [0.15, 0.2) is 36.5 Å². The third-order valence-electron chi connectivity index (χ3n) is 2.39. The Balaban J connectivity index is 2.21. The van der Waals surface area contributed by atoms with Crippen LogP contribution in [0.4, 0.5) is 10.2 Å². The number of nitrogens with one attached hydrogen (secondary N) is 1. The van der Waals surface area contributed by atoms with Gasteiger partial charge in [0, 0.05) is 6.07 Å². The average molecular weight is 247 g/mol. The largest absolute Gasteiger partial charge is 0.593 e. The number of halogens is 1. The number of hydrogen-bond donors (Lipinski definition) is 1. The Morgan fingerprint density at radius 2 is 2.11 bits per heavy atom. The zero-order valence-corrected chi connectivity index (χ0v) is 9.70. The van der Waals surface area contributed by atoms with Crippen LogP contribution in [0.1, 0.15) is 15.9 Å². The van der Waals surface area contributed by atoms with Crippen LogP contribution in [0, 0.1) is 12.7 Å². The molecular formula is C13H12FN2O2+. The SMILES string of the molecule is Cc1ccc([OH2+])c(C(=O)Nc2ccc(F)cn2)c1. The minimum atomic E-state index is -0.468. The van der Waals surface area contributed by atoms with E-state index in [0.29, 0.717) is 0 Å². The van der Waals surface area contributed by atoms with Gasteiger partial charge in [-0.3, -0.25) is 4.79 Å². The first-order valence-electron chi connectivity index (χ1n) is 5.31. The van der Waals surface area contributed by atoms with Gasteiger partial charge in [0.15, 0.2) is 0 Å². The summed E-state index contributed by atoms with van der Waals surface area (Å²) in [5.41, 5.74) is 1.16. The predicted octanol–water partition coefficient (Wildman–Crippen LogP) is 2.22. The molecule has 5 heteroatoms. The molecule has 0 aliphatic carbocycles. The summed E-state index contributed by atoms with van der Waals surface area (Å²) in [6, 6.07) is 7.52. The molecule has 0 bridgehead atoms. The molecule has 0 unspecified atom stereocenters. The first-order valence-corrected chi connectivity index (χ1v) is 5.31. The van der Waals surface area contributed by atoms with Crippen LogP contribution < -0.4 is 5.32 Å². The third kappa shape index (κ3) is 2.63. The van der Waals surface area contributed by atoms with Crippen molar-refractivity contribution in [2.24, 2.45) is 0 Å². The van der Waals surface area contributed by atoms with Gasteiger partial charge in [-0.05, 0) is 30.7 Å². The summed E-state index contributed by atoms with van der Waals surface area (Å²) >= 11 is 0. The van der Waals surface area contributed by atoms with Crippen molar-refractivity contribution < 1.29 is 14.3 Å². The normalized spacial score (nSPS) is 10.1. The Morgan fingerprint density at radius 3 is 2.78 bits per heavy atom. The van der Waals surface area contributed by atoms with Crippen molar-refractivity contribution >= 4 is 11.7 Å². The predicted molar refractivity (Wildman–Crippen MR) is 66.4 cm³/mol. The van der Waals surface area contributed by atoms with Gasteiger partial charge in [0.25, 0.3) is 11.7 Å². The van der Waals surface area contributed by atoms with Gasteiger partial charge in [0.1, 0.15) is 17.2 Å². The Hall–Kier alpha value is -2.43. The highest BCUT2D eigenvalue weighted by Crippen LogP contribution is 2.19. The minimum Gasteiger partial charge on any atom is -0.593 e. The summed E-state index contributed by atoms with van der Waals surface area (Å²) in [6.07, 6.45) is 1.02. The molecule has 92 valence electrons. The van der Waals surface area contributed by atoms with E-state index in [1.807, 2.05) is 6.92 Å². The van der Waals surface area contributed by atoms with Gasteiger partial charge in [-0.25, -0.2) is 9.37 Å². The topological polar surface area (TPSA) is 64.9 Å². The van der Waals surface area contributed by atoms with Gasteiger partial charge in [0.2, 0.25) is 0 Å². The van der Waals surface area contributed by atoms with E-state index >= 15 is 0 Å². The first-order chi connectivity index (χ1) is 8.56. The van der Waals surface area contributed by atoms with Crippen molar-refractivity contribution in [3.63, 3.8) is 0 Å². The highest BCUT2D eigenvalue weighted by atomic mass is 19.1. The first kappa shape index (κ1) is 12.0. The number of carbonyl (C=O) groups excluding carboxylic acids is 1. The monoisotopic (exact) mass is 247 g/mol. The standard InChI is InChI=1S/C13H11FN2O2/c1-8-2-4-11(17)10(6-8)13(18)16-12-5-3-9(14)7-15-12/h2-7,17H,1H3,(H,15,16,18)/p+1. The fourth-order valence-corrected chi connectivity index (χ4v) is 1.48.